The van der Waals surface area contributed by atoms with E-state index in [9.17, 15) is 29.5 Å². The highest BCUT2D eigenvalue weighted by molar-refractivity contribution is 5.96. The van der Waals surface area contributed by atoms with Gasteiger partial charge in [-0.1, -0.05) is 91.8 Å². The van der Waals surface area contributed by atoms with Crippen LogP contribution in [0.15, 0.2) is 78.5 Å². The number of piperazine rings is 1. The van der Waals surface area contributed by atoms with E-state index in [0.717, 1.165) is 68.1 Å². The number of aryl methyl sites for hydroxylation is 1. The zero-order chi connectivity index (χ0) is 51.9. The predicted molar refractivity (Wildman–Crippen MR) is 281 cm³/mol. The van der Waals surface area contributed by atoms with Gasteiger partial charge in [0.2, 0.25) is 5.91 Å². The number of aliphatic hydroxyl groups excluding tert-OH is 1. The number of amides is 1. The number of carbonyl (C=O) groups is 4. The van der Waals surface area contributed by atoms with Crippen molar-refractivity contribution in [2.24, 2.45) is 28.1 Å². The van der Waals surface area contributed by atoms with Crippen molar-refractivity contribution in [1.82, 2.24) is 14.8 Å². The maximum absolute atomic E-state index is 14.3. The molecule has 4 atom stereocenters. The zero-order valence-corrected chi connectivity index (χ0v) is 44.4. The summed E-state index contributed by atoms with van der Waals surface area (Å²) in [5.41, 5.74) is 5.96. The standard InChI is InChI=1S/C60H77N5O7/c1-37-12-11-13-49(37)41-16-14-40(15-17-41)39(3)27-53(69)51-31-45(66)35-65(51)56(70)50(58(4,5)6)30-46(67)36-71-48-28-44(29-48)63-22-24-64(25-23-63)55-21-19-43(34-62-55)52(68)32-54-59(7,8)57(60(54,9)10)72-47-20-18-42(33-61)38(2)26-47/h11-12,14-21,26,34,39,44-45,48,50-51,54,57,66H,13,22-25,27-32,35-36H2,1-10H3/t39-,44?,45-,48?,50-,51+,54?,57?/m1/s1. The van der Waals surface area contributed by atoms with Crippen LogP contribution in [0.1, 0.15) is 146 Å². The SMILES string of the molecule is CC1=C(c2ccc([C@H](C)CC(=O)[C@@H]3C[C@@H](O)CN3C(=O)[C@@H](CC(=O)COC3CC(N4CCN(c5ccc(C(=O)CC6C(C)(C)C(Oc7ccc(C#N)c(C)c7)C6(C)C)cn5)CC4)C3)C(C)(C)C)cc2)CC=C1. The van der Waals surface area contributed by atoms with E-state index in [1.165, 1.54) is 16.7 Å². The van der Waals surface area contributed by atoms with Crippen LogP contribution < -0.4 is 9.64 Å². The molecule has 1 amide bonds. The van der Waals surface area contributed by atoms with Crippen molar-refractivity contribution in [3.63, 3.8) is 0 Å². The van der Waals surface area contributed by atoms with Gasteiger partial charge in [0.05, 0.1) is 29.9 Å². The second-order valence-corrected chi connectivity index (χ2v) is 23.9. The number of allylic oxidation sites excluding steroid dienone is 4. The molecule has 5 aliphatic rings. The number of likely N-dealkylation sites (tertiary alicyclic amines) is 1. The van der Waals surface area contributed by atoms with Gasteiger partial charge in [0.1, 0.15) is 24.3 Å². The third-order valence-corrected chi connectivity index (χ3v) is 17.1. The van der Waals surface area contributed by atoms with E-state index in [4.69, 9.17) is 14.5 Å². The van der Waals surface area contributed by atoms with Crippen molar-refractivity contribution < 1.29 is 33.8 Å². The first-order chi connectivity index (χ1) is 34.0. The molecule has 2 aromatic carbocycles. The second kappa shape index (κ2) is 21.2. The number of carbonyl (C=O) groups excluding carboxylic acids is 4. The Morgan fingerprint density at radius 3 is 2.21 bits per heavy atom. The van der Waals surface area contributed by atoms with Crippen LogP contribution in [0.25, 0.3) is 5.57 Å². The van der Waals surface area contributed by atoms with E-state index < -0.39 is 23.5 Å². The molecule has 3 aliphatic carbocycles. The summed E-state index contributed by atoms with van der Waals surface area (Å²) in [5, 5.41) is 20.1. The Bertz CT molecular complexity index is 2590. The van der Waals surface area contributed by atoms with Gasteiger partial charge in [-0.3, -0.25) is 24.1 Å². The normalized spacial score (nSPS) is 25.6. The first-order valence-corrected chi connectivity index (χ1v) is 26.3. The Kier molecular flexibility index (Phi) is 15.5. The van der Waals surface area contributed by atoms with E-state index >= 15 is 0 Å². The van der Waals surface area contributed by atoms with Crippen molar-refractivity contribution in [2.45, 2.75) is 150 Å². The van der Waals surface area contributed by atoms with Crippen LogP contribution >= 0.6 is 0 Å². The molecule has 1 aromatic heterocycles. The van der Waals surface area contributed by atoms with Crippen molar-refractivity contribution >= 4 is 34.6 Å². The van der Waals surface area contributed by atoms with E-state index in [2.05, 4.69) is 86.9 Å². The van der Waals surface area contributed by atoms with E-state index in [-0.39, 0.29) is 90.5 Å². The molecule has 4 fully saturated rings. The molecular weight excluding hydrogens is 903 g/mol. The fourth-order valence-corrected chi connectivity index (χ4v) is 12.7. The lowest BCUT2D eigenvalue weighted by Crippen LogP contribution is -2.66. The largest absolute Gasteiger partial charge is 0.489 e. The number of β-amino-alcohol motifs (C(OH)–C–C–N with tert-alkyl or cyclic N) is 1. The average molecular weight is 980 g/mol. The molecule has 12 nitrogen and oxygen atoms in total. The van der Waals surface area contributed by atoms with Gasteiger partial charge in [0, 0.05) is 93.0 Å². The lowest BCUT2D eigenvalue weighted by molar-refractivity contribution is -0.196. The fourth-order valence-electron chi connectivity index (χ4n) is 12.7. The van der Waals surface area contributed by atoms with E-state index in [1.807, 2.05) is 58.9 Å². The molecule has 384 valence electrons. The number of Topliss-reactive ketones (excluding diaryl/α,β-unsaturated/α-hetero) is 3. The second-order valence-electron chi connectivity index (χ2n) is 23.9. The first-order valence-electron chi connectivity index (χ1n) is 26.3. The predicted octanol–water partition coefficient (Wildman–Crippen LogP) is 9.71. The molecule has 3 aromatic rings. The lowest BCUT2D eigenvalue weighted by atomic mass is 9.44. The highest BCUT2D eigenvalue weighted by Crippen LogP contribution is 2.62. The molecule has 2 saturated heterocycles. The van der Waals surface area contributed by atoms with Gasteiger partial charge >= 0.3 is 0 Å². The van der Waals surface area contributed by atoms with Crippen LogP contribution in [0, 0.1) is 46.3 Å². The zero-order valence-electron chi connectivity index (χ0n) is 44.4. The van der Waals surface area contributed by atoms with Gasteiger partial charge in [0.25, 0.3) is 0 Å². The Morgan fingerprint density at radius 1 is 0.917 bits per heavy atom. The molecule has 8 rings (SSSR count). The van der Waals surface area contributed by atoms with Gasteiger partial charge < -0.3 is 24.4 Å². The van der Waals surface area contributed by atoms with Crippen LogP contribution in [0.2, 0.25) is 0 Å². The number of aliphatic hydroxyl groups is 1. The molecule has 1 N–H and O–H groups in total. The fraction of sp³-hybridized carbons (Fsp3) is 0.567. The van der Waals surface area contributed by atoms with Gasteiger partial charge in [-0.15, -0.1) is 0 Å². The van der Waals surface area contributed by atoms with Crippen LogP contribution in [0.3, 0.4) is 0 Å². The number of nitrogens with zero attached hydrogens (tertiary/aromatic N) is 5. The van der Waals surface area contributed by atoms with Crippen molar-refractivity contribution in [2.75, 3.05) is 44.2 Å². The summed E-state index contributed by atoms with van der Waals surface area (Å²) in [7, 11) is 0. The molecule has 3 heterocycles. The first kappa shape index (κ1) is 52.8. The number of hydrogen-bond donors (Lipinski definition) is 1. The van der Waals surface area contributed by atoms with Crippen molar-refractivity contribution in [3.05, 3.63) is 106 Å². The van der Waals surface area contributed by atoms with Crippen LogP contribution in [0.5, 0.6) is 5.75 Å². The monoisotopic (exact) mass is 980 g/mol. The Balaban J connectivity index is 0.758. The number of ketones is 3. The summed E-state index contributed by atoms with van der Waals surface area (Å²) in [6.45, 7) is 24.0. The van der Waals surface area contributed by atoms with Gasteiger partial charge in [-0.05, 0) is 109 Å². The van der Waals surface area contributed by atoms with Gasteiger partial charge in [-0.2, -0.15) is 5.26 Å². The molecule has 0 spiro atoms. The third-order valence-electron chi connectivity index (χ3n) is 17.1. The van der Waals surface area contributed by atoms with E-state index in [1.54, 1.807) is 17.2 Å². The highest BCUT2D eigenvalue weighted by Gasteiger charge is 2.63. The molecular formula is C60H77N5O7. The topological polar surface area (TPSA) is 153 Å². The Hall–Kier alpha value is -5.48. The molecule has 12 heteroatoms. The number of nitriles is 1. The smallest absolute Gasteiger partial charge is 0.227 e. The minimum Gasteiger partial charge on any atom is -0.489 e. The van der Waals surface area contributed by atoms with Crippen LogP contribution in [-0.4, -0.2) is 113 Å². The molecule has 0 bridgehead atoms. The van der Waals surface area contributed by atoms with Gasteiger partial charge in [0.15, 0.2) is 17.3 Å². The summed E-state index contributed by atoms with van der Waals surface area (Å²) in [5.74, 6) is 0.630. The summed E-state index contributed by atoms with van der Waals surface area (Å²) in [6, 6.07) is 19.7. The molecule has 2 aliphatic heterocycles. The number of benzene rings is 2. The number of aromatic nitrogens is 1. The van der Waals surface area contributed by atoms with Crippen molar-refractivity contribution in [3.8, 4) is 11.8 Å². The lowest BCUT2D eigenvalue weighted by Gasteiger charge is -2.63. The molecule has 0 radical (unpaired) electrons. The van der Waals surface area contributed by atoms with Crippen LogP contribution in [-0.2, 0) is 19.1 Å². The minimum atomic E-state index is -0.795. The van der Waals surface area contributed by atoms with Gasteiger partial charge in [-0.25, -0.2) is 4.98 Å². The molecule has 72 heavy (non-hydrogen) atoms. The number of rotatable bonds is 18. The van der Waals surface area contributed by atoms with E-state index in [0.29, 0.717) is 23.6 Å². The third kappa shape index (κ3) is 11.2. The Morgan fingerprint density at radius 2 is 1.61 bits per heavy atom. The summed E-state index contributed by atoms with van der Waals surface area (Å²) in [6.07, 6.45) is 8.62. The number of hydrogen-bond acceptors (Lipinski definition) is 11. The number of pyridine rings is 1. The maximum atomic E-state index is 14.3. The number of anilines is 1. The molecule has 0 unspecified atom stereocenters. The molecule has 2 saturated carbocycles. The van der Waals surface area contributed by atoms with Crippen LogP contribution in [0.4, 0.5) is 5.82 Å². The summed E-state index contributed by atoms with van der Waals surface area (Å²) >= 11 is 0. The minimum absolute atomic E-state index is 0.0137. The number of ether oxygens (including phenoxy) is 2. The van der Waals surface area contributed by atoms with Crippen molar-refractivity contribution in [1.29, 1.82) is 5.26 Å². The Labute approximate surface area is 427 Å². The quantitative estimate of drug-likeness (QED) is 0.121. The highest BCUT2D eigenvalue weighted by atomic mass is 16.5. The summed E-state index contributed by atoms with van der Waals surface area (Å²) in [4.78, 5) is 66.4. The maximum Gasteiger partial charge on any atom is 0.227 e. The summed E-state index contributed by atoms with van der Waals surface area (Å²) < 4.78 is 12.6. The average Bonchev–Trinajstić information content (AvgIpc) is 3.95.